The molecule has 0 radical (unpaired) electrons. The van der Waals surface area contributed by atoms with Crippen molar-refractivity contribution in [1.29, 1.82) is 0 Å². The van der Waals surface area contributed by atoms with Gasteiger partial charge in [-0.15, -0.1) is 0 Å². The van der Waals surface area contributed by atoms with Crippen LogP contribution in [0.3, 0.4) is 0 Å². The van der Waals surface area contributed by atoms with Crippen molar-refractivity contribution in [1.82, 2.24) is 0 Å². The molecule has 0 bridgehead atoms. The second-order valence-corrected chi connectivity index (χ2v) is 7.09. The van der Waals surface area contributed by atoms with E-state index in [1.54, 1.807) is 0 Å². The zero-order valence-corrected chi connectivity index (χ0v) is 15.0. The molecule has 0 rings (SSSR count). The van der Waals surface area contributed by atoms with Crippen LogP contribution in [0.25, 0.3) is 0 Å². The third-order valence-electron chi connectivity index (χ3n) is 3.21. The van der Waals surface area contributed by atoms with Gasteiger partial charge in [-0.1, -0.05) is 26.7 Å². The average molecular weight is 368 g/mol. The maximum Gasteiger partial charge on any atom is 0.329 e. The normalized spacial score (nSPS) is 15.4. The summed E-state index contributed by atoms with van der Waals surface area (Å²) in [6.45, 7) is 3.84. The molecular weight excluding hydrogens is 340 g/mol. The van der Waals surface area contributed by atoms with E-state index < -0.39 is 46.2 Å². The largest absolute Gasteiger partial charge is 0.447 e. The van der Waals surface area contributed by atoms with Gasteiger partial charge in [-0.25, -0.2) is 0 Å². The molecular formula is C14H28N2O7S. The Morgan fingerprint density at radius 1 is 1.00 bits per heavy atom. The summed E-state index contributed by atoms with van der Waals surface area (Å²) < 4.78 is 41.4. The summed E-state index contributed by atoms with van der Waals surface area (Å²) in [5, 5.41) is -2.09. The van der Waals surface area contributed by atoms with Gasteiger partial charge < -0.3 is 9.47 Å². The Labute approximate surface area is 142 Å². The van der Waals surface area contributed by atoms with Crippen LogP contribution < -0.4 is 11.5 Å². The molecule has 3 unspecified atom stereocenters. The fourth-order valence-corrected chi connectivity index (χ4v) is 2.48. The molecule has 9 nitrogen and oxygen atoms in total. The predicted molar refractivity (Wildman–Crippen MR) is 87.1 cm³/mol. The minimum Gasteiger partial charge on any atom is -0.447 e. The number of carbonyl (C=O) groups excluding carboxylic acids is 2. The standard InChI is InChI=1S/C14H28N2O7S/c1-3-5-7-11(15)22-13(17)9-10(24(19,20)21)14(18)23-12(16)8-6-4-2/h10-12H,3-9,15-16H2,1-2H3,(H,19,20,21). The second-order valence-electron chi connectivity index (χ2n) is 5.50. The van der Waals surface area contributed by atoms with Gasteiger partial charge in [0.05, 0.1) is 6.42 Å². The van der Waals surface area contributed by atoms with E-state index in [1.165, 1.54) is 0 Å². The molecule has 0 saturated heterocycles. The molecule has 3 atom stereocenters. The number of ether oxygens (including phenoxy) is 2. The summed E-state index contributed by atoms with van der Waals surface area (Å²) in [4.78, 5) is 23.6. The molecule has 0 aromatic heterocycles. The van der Waals surface area contributed by atoms with Gasteiger partial charge in [-0.05, 0) is 25.7 Å². The first kappa shape index (κ1) is 22.8. The first-order valence-electron chi connectivity index (χ1n) is 7.99. The van der Waals surface area contributed by atoms with Crippen LogP contribution in [-0.2, 0) is 29.2 Å². The van der Waals surface area contributed by atoms with Crippen LogP contribution in [0.2, 0.25) is 0 Å². The van der Waals surface area contributed by atoms with Gasteiger partial charge in [0, 0.05) is 0 Å². The van der Waals surface area contributed by atoms with Gasteiger partial charge in [0.2, 0.25) is 0 Å². The van der Waals surface area contributed by atoms with E-state index >= 15 is 0 Å². The summed E-state index contributed by atoms with van der Waals surface area (Å²) >= 11 is 0. The van der Waals surface area contributed by atoms with Gasteiger partial charge in [-0.3, -0.25) is 25.6 Å². The Morgan fingerprint density at radius 2 is 1.46 bits per heavy atom. The van der Waals surface area contributed by atoms with E-state index in [-0.39, 0.29) is 0 Å². The Balaban J connectivity index is 4.73. The summed E-state index contributed by atoms with van der Waals surface area (Å²) in [7, 11) is -4.85. The molecule has 0 heterocycles. The number of esters is 2. The third-order valence-corrected chi connectivity index (χ3v) is 4.29. The third kappa shape index (κ3) is 9.81. The van der Waals surface area contributed by atoms with Crippen LogP contribution in [0.15, 0.2) is 0 Å². The number of unbranched alkanes of at least 4 members (excludes halogenated alkanes) is 2. The van der Waals surface area contributed by atoms with Crippen molar-refractivity contribution in [2.45, 2.75) is 76.5 Å². The number of hydrogen-bond donors (Lipinski definition) is 3. The maximum absolute atomic E-state index is 11.9. The Hall–Kier alpha value is -1.23. The highest BCUT2D eigenvalue weighted by molar-refractivity contribution is 7.87. The highest BCUT2D eigenvalue weighted by Crippen LogP contribution is 2.12. The number of rotatable bonds is 12. The van der Waals surface area contributed by atoms with Crippen LogP contribution in [0.5, 0.6) is 0 Å². The molecule has 10 heteroatoms. The lowest BCUT2D eigenvalue weighted by Gasteiger charge is -2.18. The zero-order chi connectivity index (χ0) is 18.8. The SMILES string of the molecule is CCCCC(N)OC(=O)CC(C(=O)OC(N)CCCC)S(=O)(=O)O. The van der Waals surface area contributed by atoms with Crippen molar-refractivity contribution in [2.24, 2.45) is 11.5 Å². The zero-order valence-electron chi connectivity index (χ0n) is 14.1. The maximum atomic E-state index is 11.9. The quantitative estimate of drug-likeness (QED) is 0.255. The second kappa shape index (κ2) is 11.3. The van der Waals surface area contributed by atoms with Gasteiger partial charge in [0.1, 0.15) is 0 Å². The number of carbonyl (C=O) groups is 2. The minimum atomic E-state index is -4.85. The summed E-state index contributed by atoms with van der Waals surface area (Å²) in [5.74, 6) is -2.31. The highest BCUT2D eigenvalue weighted by atomic mass is 32.2. The van der Waals surface area contributed by atoms with Gasteiger partial charge in [-0.2, -0.15) is 8.42 Å². The molecule has 5 N–H and O–H groups in total. The van der Waals surface area contributed by atoms with Crippen molar-refractivity contribution < 1.29 is 32.0 Å². The molecule has 0 saturated carbocycles. The predicted octanol–water partition coefficient (Wildman–Crippen LogP) is 0.669. The number of hydrogen-bond acceptors (Lipinski definition) is 8. The molecule has 0 aromatic rings. The van der Waals surface area contributed by atoms with Crippen LogP contribution in [0.4, 0.5) is 0 Å². The van der Waals surface area contributed by atoms with Crippen LogP contribution in [-0.4, -0.2) is 42.6 Å². The highest BCUT2D eigenvalue weighted by Gasteiger charge is 2.36. The summed E-state index contributed by atoms with van der Waals surface area (Å²) in [6.07, 6.45) is 1.02. The summed E-state index contributed by atoms with van der Waals surface area (Å²) in [6, 6.07) is 0. The lowest BCUT2D eigenvalue weighted by atomic mass is 10.2. The van der Waals surface area contributed by atoms with E-state index in [9.17, 15) is 18.0 Å². The lowest BCUT2D eigenvalue weighted by Crippen LogP contribution is -2.39. The molecule has 0 aliphatic heterocycles. The van der Waals surface area contributed by atoms with Crippen molar-refractivity contribution in [3.8, 4) is 0 Å². The Bertz CT molecular complexity index is 495. The fourth-order valence-electron chi connectivity index (χ4n) is 1.83. The van der Waals surface area contributed by atoms with E-state index in [0.717, 1.165) is 19.3 Å². The Morgan fingerprint density at radius 3 is 1.88 bits per heavy atom. The van der Waals surface area contributed by atoms with Crippen LogP contribution in [0.1, 0.15) is 58.8 Å². The first-order valence-corrected chi connectivity index (χ1v) is 9.49. The molecule has 0 aliphatic rings. The molecule has 0 fully saturated rings. The summed E-state index contributed by atoms with van der Waals surface area (Å²) in [5.41, 5.74) is 11.1. The van der Waals surface area contributed by atoms with Crippen molar-refractivity contribution in [2.75, 3.05) is 0 Å². The molecule has 0 aliphatic carbocycles. The smallest absolute Gasteiger partial charge is 0.329 e. The molecule has 24 heavy (non-hydrogen) atoms. The van der Waals surface area contributed by atoms with Crippen molar-refractivity contribution >= 4 is 22.1 Å². The monoisotopic (exact) mass is 368 g/mol. The first-order chi connectivity index (χ1) is 11.1. The van der Waals surface area contributed by atoms with Crippen LogP contribution >= 0.6 is 0 Å². The van der Waals surface area contributed by atoms with Gasteiger partial charge >= 0.3 is 11.9 Å². The molecule has 0 amide bonds. The van der Waals surface area contributed by atoms with Crippen molar-refractivity contribution in [3.63, 3.8) is 0 Å². The number of nitrogens with two attached hydrogens (primary N) is 2. The van der Waals surface area contributed by atoms with E-state index in [2.05, 4.69) is 0 Å². The van der Waals surface area contributed by atoms with Crippen molar-refractivity contribution in [3.05, 3.63) is 0 Å². The van der Waals surface area contributed by atoms with E-state index in [0.29, 0.717) is 19.3 Å². The molecule has 142 valence electrons. The van der Waals surface area contributed by atoms with Gasteiger partial charge in [0.15, 0.2) is 17.7 Å². The topological polar surface area (TPSA) is 159 Å². The molecule has 0 spiro atoms. The fraction of sp³-hybridized carbons (Fsp3) is 0.857. The van der Waals surface area contributed by atoms with E-state index in [4.69, 9.17) is 25.5 Å². The van der Waals surface area contributed by atoms with Crippen LogP contribution in [0, 0.1) is 0 Å². The lowest BCUT2D eigenvalue weighted by molar-refractivity contribution is -0.155. The molecule has 0 aromatic carbocycles. The average Bonchev–Trinajstić information content (AvgIpc) is 2.47. The Kier molecular flexibility index (Phi) is 10.8. The van der Waals surface area contributed by atoms with Gasteiger partial charge in [0.25, 0.3) is 10.1 Å². The minimum absolute atomic E-state index is 0.340. The van der Waals surface area contributed by atoms with E-state index in [1.807, 2.05) is 13.8 Å².